The fourth-order valence-corrected chi connectivity index (χ4v) is 2.60. The number of hydrazone groups is 1. The lowest BCUT2D eigenvalue weighted by atomic mass is 10.0. The molecule has 3 rings (SSSR count). The van der Waals surface area contributed by atoms with E-state index in [4.69, 9.17) is 4.42 Å². The highest BCUT2D eigenvalue weighted by molar-refractivity contribution is 9.10. The molecule has 0 bridgehead atoms. The molecule has 1 aliphatic heterocycles. The van der Waals surface area contributed by atoms with Gasteiger partial charge in [-0.2, -0.15) is 5.10 Å². The van der Waals surface area contributed by atoms with Crippen LogP contribution in [-0.2, 0) is 4.79 Å². The Labute approximate surface area is 125 Å². The Morgan fingerprint density at radius 3 is 2.70 bits per heavy atom. The molecule has 2 aromatic rings. The Kier molecular flexibility index (Phi) is 3.44. The molecule has 1 amide bonds. The van der Waals surface area contributed by atoms with E-state index in [9.17, 15) is 4.79 Å². The van der Waals surface area contributed by atoms with Crippen LogP contribution in [0.4, 0.5) is 0 Å². The summed E-state index contributed by atoms with van der Waals surface area (Å²) in [5.41, 5.74) is 1.87. The Balaban J connectivity index is 1.93. The van der Waals surface area contributed by atoms with Crippen molar-refractivity contribution in [3.8, 4) is 0 Å². The minimum atomic E-state index is -0.0699. The van der Waals surface area contributed by atoms with Crippen LogP contribution in [0.15, 0.2) is 56.7 Å². The van der Waals surface area contributed by atoms with Crippen molar-refractivity contribution in [2.45, 2.75) is 19.4 Å². The number of rotatable bonds is 2. The Bertz CT molecular complexity index is 647. The van der Waals surface area contributed by atoms with Crippen LogP contribution >= 0.6 is 15.9 Å². The maximum atomic E-state index is 11.8. The molecule has 102 valence electrons. The number of carbonyl (C=O) groups is 1. The van der Waals surface area contributed by atoms with Gasteiger partial charge in [0.25, 0.3) is 0 Å². The zero-order valence-corrected chi connectivity index (χ0v) is 12.5. The predicted molar refractivity (Wildman–Crippen MR) is 79.3 cm³/mol. The normalized spacial score (nSPS) is 18.2. The van der Waals surface area contributed by atoms with Crippen LogP contribution in [0.1, 0.15) is 30.7 Å². The van der Waals surface area contributed by atoms with Crippen molar-refractivity contribution in [3.05, 3.63) is 58.5 Å². The van der Waals surface area contributed by atoms with E-state index in [1.165, 1.54) is 11.9 Å². The summed E-state index contributed by atoms with van der Waals surface area (Å²) in [4.78, 5) is 11.8. The van der Waals surface area contributed by atoms with Gasteiger partial charge in [0.05, 0.1) is 12.3 Å². The van der Waals surface area contributed by atoms with Gasteiger partial charge in [-0.1, -0.05) is 28.1 Å². The topological polar surface area (TPSA) is 45.8 Å². The molecule has 0 spiro atoms. The summed E-state index contributed by atoms with van der Waals surface area (Å²) >= 11 is 3.42. The molecule has 0 N–H and O–H groups in total. The average Bonchev–Trinajstić information content (AvgIpc) is 3.08. The van der Waals surface area contributed by atoms with Gasteiger partial charge in [-0.25, -0.2) is 5.01 Å². The third-order valence-electron chi connectivity index (χ3n) is 3.29. The van der Waals surface area contributed by atoms with E-state index < -0.39 is 0 Å². The van der Waals surface area contributed by atoms with Gasteiger partial charge in [0.15, 0.2) is 0 Å². The first-order valence-electron chi connectivity index (χ1n) is 6.32. The molecule has 2 heterocycles. The molecule has 0 saturated carbocycles. The molecule has 1 atom stereocenters. The zero-order chi connectivity index (χ0) is 14.1. The summed E-state index contributed by atoms with van der Waals surface area (Å²) in [6.45, 7) is 1.53. The summed E-state index contributed by atoms with van der Waals surface area (Å²) in [5, 5.41) is 5.93. The molecule has 0 aliphatic carbocycles. The van der Waals surface area contributed by atoms with Gasteiger partial charge in [-0.15, -0.1) is 0 Å². The van der Waals surface area contributed by atoms with E-state index in [1.54, 1.807) is 6.26 Å². The van der Waals surface area contributed by atoms with Crippen molar-refractivity contribution in [2.24, 2.45) is 5.10 Å². The lowest BCUT2D eigenvalue weighted by Gasteiger charge is -2.20. The fraction of sp³-hybridized carbons (Fsp3) is 0.200. The number of amides is 1. The summed E-state index contributed by atoms with van der Waals surface area (Å²) in [5.74, 6) is 0.648. The van der Waals surface area contributed by atoms with Crippen molar-refractivity contribution in [1.29, 1.82) is 0 Å². The monoisotopic (exact) mass is 332 g/mol. The number of carbonyl (C=O) groups excluding carboxylic acids is 1. The second-order valence-corrected chi connectivity index (χ2v) is 5.57. The smallest absolute Gasteiger partial charge is 0.240 e. The number of nitrogens with zero attached hydrogens (tertiary/aromatic N) is 2. The Morgan fingerprint density at radius 1 is 1.35 bits per heavy atom. The van der Waals surface area contributed by atoms with Crippen LogP contribution in [0.3, 0.4) is 0 Å². The third-order valence-corrected chi connectivity index (χ3v) is 3.82. The van der Waals surface area contributed by atoms with Crippen molar-refractivity contribution in [2.75, 3.05) is 0 Å². The standard InChI is InChI=1S/C15H13BrN2O2/c1-10(19)18-14(11-4-6-12(16)7-5-11)9-13(17-18)15-3-2-8-20-15/h2-8,14H,9H2,1H3. The van der Waals surface area contributed by atoms with Crippen LogP contribution in [-0.4, -0.2) is 16.6 Å². The quantitative estimate of drug-likeness (QED) is 0.840. The zero-order valence-electron chi connectivity index (χ0n) is 10.9. The summed E-state index contributed by atoms with van der Waals surface area (Å²) in [7, 11) is 0. The summed E-state index contributed by atoms with van der Waals surface area (Å²) < 4.78 is 6.39. The highest BCUT2D eigenvalue weighted by Crippen LogP contribution is 2.33. The maximum absolute atomic E-state index is 11.8. The SMILES string of the molecule is CC(=O)N1N=C(c2ccco2)CC1c1ccc(Br)cc1. The number of furan rings is 1. The average molecular weight is 333 g/mol. The van der Waals surface area contributed by atoms with Crippen molar-refractivity contribution in [1.82, 2.24) is 5.01 Å². The molecule has 1 aromatic heterocycles. The molecule has 0 fully saturated rings. The lowest BCUT2D eigenvalue weighted by Crippen LogP contribution is -2.24. The van der Waals surface area contributed by atoms with Crippen LogP contribution in [0.2, 0.25) is 0 Å². The van der Waals surface area contributed by atoms with Crippen molar-refractivity contribution >= 4 is 27.5 Å². The first-order valence-corrected chi connectivity index (χ1v) is 7.11. The highest BCUT2D eigenvalue weighted by atomic mass is 79.9. The summed E-state index contributed by atoms with van der Waals surface area (Å²) in [6.07, 6.45) is 2.28. The number of hydrogen-bond donors (Lipinski definition) is 0. The maximum Gasteiger partial charge on any atom is 0.240 e. The minimum Gasteiger partial charge on any atom is -0.463 e. The van der Waals surface area contributed by atoms with E-state index in [-0.39, 0.29) is 11.9 Å². The molecule has 0 saturated heterocycles. The molecular formula is C15H13BrN2O2. The largest absolute Gasteiger partial charge is 0.463 e. The van der Waals surface area contributed by atoms with Crippen molar-refractivity contribution in [3.63, 3.8) is 0 Å². The number of benzene rings is 1. The van der Waals surface area contributed by atoms with E-state index in [2.05, 4.69) is 21.0 Å². The number of hydrogen-bond acceptors (Lipinski definition) is 3. The molecule has 20 heavy (non-hydrogen) atoms. The Hall–Kier alpha value is -1.88. The van der Waals surface area contributed by atoms with Crippen LogP contribution in [0.5, 0.6) is 0 Å². The lowest BCUT2D eigenvalue weighted by molar-refractivity contribution is -0.130. The van der Waals surface area contributed by atoms with Crippen LogP contribution in [0.25, 0.3) is 0 Å². The van der Waals surface area contributed by atoms with Crippen LogP contribution in [0, 0.1) is 0 Å². The molecule has 1 unspecified atom stereocenters. The fourth-order valence-electron chi connectivity index (χ4n) is 2.34. The molecule has 0 radical (unpaired) electrons. The van der Waals surface area contributed by atoms with Crippen molar-refractivity contribution < 1.29 is 9.21 Å². The van der Waals surface area contributed by atoms with E-state index >= 15 is 0 Å². The first-order chi connectivity index (χ1) is 9.65. The Morgan fingerprint density at radius 2 is 2.10 bits per heavy atom. The highest BCUT2D eigenvalue weighted by Gasteiger charge is 2.32. The summed E-state index contributed by atoms with van der Waals surface area (Å²) in [6, 6.07) is 11.6. The van der Waals surface area contributed by atoms with E-state index in [1.807, 2.05) is 36.4 Å². The molecule has 4 nitrogen and oxygen atoms in total. The second kappa shape index (κ2) is 5.25. The molecule has 1 aliphatic rings. The third kappa shape index (κ3) is 2.41. The van der Waals surface area contributed by atoms with Gasteiger partial charge in [0.2, 0.25) is 5.91 Å². The minimum absolute atomic E-state index is 0.0688. The predicted octanol–water partition coefficient (Wildman–Crippen LogP) is 3.74. The molecular weight excluding hydrogens is 320 g/mol. The number of halogens is 1. The van der Waals surface area contributed by atoms with E-state index in [0.29, 0.717) is 6.42 Å². The molecule has 5 heteroatoms. The van der Waals surface area contributed by atoms with E-state index in [0.717, 1.165) is 21.5 Å². The van der Waals surface area contributed by atoms with Gasteiger partial charge in [0, 0.05) is 17.8 Å². The first kappa shape index (κ1) is 13.1. The van der Waals surface area contributed by atoms with Gasteiger partial charge in [-0.3, -0.25) is 4.79 Å². The second-order valence-electron chi connectivity index (χ2n) is 4.66. The van der Waals surface area contributed by atoms with Gasteiger partial charge < -0.3 is 4.42 Å². The molecule has 1 aromatic carbocycles. The van der Waals surface area contributed by atoms with Gasteiger partial charge in [0.1, 0.15) is 11.5 Å². The van der Waals surface area contributed by atoms with Gasteiger partial charge in [-0.05, 0) is 29.8 Å². The van der Waals surface area contributed by atoms with Gasteiger partial charge >= 0.3 is 0 Å². The van der Waals surface area contributed by atoms with Crippen LogP contribution < -0.4 is 0 Å².